The van der Waals surface area contributed by atoms with Crippen LogP contribution in [0.1, 0.15) is 25.8 Å². The van der Waals surface area contributed by atoms with Crippen molar-refractivity contribution in [3.8, 4) is 0 Å². The van der Waals surface area contributed by atoms with E-state index in [-0.39, 0.29) is 0 Å². The molecule has 0 saturated carbocycles. The molecule has 12 heavy (non-hydrogen) atoms. The lowest BCUT2D eigenvalue weighted by atomic mass is 10.1. The zero-order valence-corrected chi connectivity index (χ0v) is 7.84. The Labute approximate surface area is 74.0 Å². The molecule has 0 aliphatic heterocycles. The lowest BCUT2D eigenvalue weighted by Gasteiger charge is -2.04. The third-order valence-electron chi connectivity index (χ3n) is 1.81. The Kier molecular flexibility index (Phi) is 3.88. The van der Waals surface area contributed by atoms with E-state index in [9.17, 15) is 0 Å². The molecule has 0 spiro atoms. The van der Waals surface area contributed by atoms with Gasteiger partial charge in [0.1, 0.15) is 0 Å². The van der Waals surface area contributed by atoms with Gasteiger partial charge >= 0.3 is 0 Å². The summed E-state index contributed by atoms with van der Waals surface area (Å²) in [6, 6.07) is 1.99. The molecule has 0 aromatic carbocycles. The molecular weight excluding hydrogens is 150 g/mol. The van der Waals surface area contributed by atoms with Crippen LogP contribution in [-0.4, -0.2) is 6.54 Å². The van der Waals surface area contributed by atoms with Crippen LogP contribution in [-0.2, 0) is 6.54 Å². The van der Waals surface area contributed by atoms with Gasteiger partial charge in [0.05, 0.1) is 12.5 Å². The molecule has 1 rings (SSSR count). The van der Waals surface area contributed by atoms with Crippen LogP contribution < -0.4 is 5.32 Å². The van der Waals surface area contributed by atoms with Crippen molar-refractivity contribution in [2.24, 2.45) is 5.92 Å². The number of rotatable bonds is 5. The number of hydrogen-bond donors (Lipinski definition) is 1. The van der Waals surface area contributed by atoms with Crippen molar-refractivity contribution in [1.82, 2.24) is 5.32 Å². The largest absolute Gasteiger partial charge is 0.472 e. The molecule has 68 valence electrons. The van der Waals surface area contributed by atoms with Gasteiger partial charge in [-0.1, -0.05) is 13.8 Å². The lowest BCUT2D eigenvalue weighted by Crippen LogP contribution is -2.15. The van der Waals surface area contributed by atoms with E-state index in [1.807, 2.05) is 6.07 Å². The Morgan fingerprint density at radius 3 is 2.92 bits per heavy atom. The molecule has 0 saturated heterocycles. The highest BCUT2D eigenvalue weighted by Crippen LogP contribution is 2.00. The van der Waals surface area contributed by atoms with Crippen LogP contribution >= 0.6 is 0 Å². The Morgan fingerprint density at radius 2 is 2.33 bits per heavy atom. The first-order chi connectivity index (χ1) is 5.79. The maximum atomic E-state index is 4.95. The first-order valence-corrected chi connectivity index (χ1v) is 4.51. The number of furan rings is 1. The SMILES string of the molecule is CC(C)CCNCc1ccoc1. The lowest BCUT2D eigenvalue weighted by molar-refractivity contribution is 0.531. The van der Waals surface area contributed by atoms with Crippen molar-refractivity contribution in [2.45, 2.75) is 26.8 Å². The standard InChI is InChI=1S/C10H17NO/c1-9(2)3-5-11-7-10-4-6-12-8-10/h4,6,8-9,11H,3,5,7H2,1-2H3. The van der Waals surface area contributed by atoms with Gasteiger partial charge < -0.3 is 9.73 Å². The van der Waals surface area contributed by atoms with Gasteiger partial charge in [0, 0.05) is 12.1 Å². The normalized spacial score (nSPS) is 10.9. The Morgan fingerprint density at radius 1 is 1.50 bits per heavy atom. The average molecular weight is 167 g/mol. The van der Waals surface area contributed by atoms with Crippen LogP contribution in [0.3, 0.4) is 0 Å². The van der Waals surface area contributed by atoms with E-state index in [1.54, 1.807) is 12.5 Å². The average Bonchev–Trinajstić information content (AvgIpc) is 2.49. The summed E-state index contributed by atoms with van der Waals surface area (Å²) in [5, 5.41) is 3.36. The minimum Gasteiger partial charge on any atom is -0.472 e. The topological polar surface area (TPSA) is 25.2 Å². The molecular formula is C10H17NO. The van der Waals surface area contributed by atoms with Crippen LogP contribution in [0.2, 0.25) is 0 Å². The van der Waals surface area contributed by atoms with E-state index >= 15 is 0 Å². The third-order valence-corrected chi connectivity index (χ3v) is 1.81. The summed E-state index contributed by atoms with van der Waals surface area (Å²) < 4.78 is 4.95. The van der Waals surface area contributed by atoms with Crippen LogP contribution in [0, 0.1) is 5.92 Å². The quantitative estimate of drug-likeness (QED) is 0.681. The minimum atomic E-state index is 0.779. The van der Waals surface area contributed by atoms with Crippen LogP contribution in [0.25, 0.3) is 0 Å². The summed E-state index contributed by atoms with van der Waals surface area (Å²) in [7, 11) is 0. The van der Waals surface area contributed by atoms with E-state index in [4.69, 9.17) is 4.42 Å². The van der Waals surface area contributed by atoms with E-state index in [1.165, 1.54) is 12.0 Å². The fourth-order valence-corrected chi connectivity index (χ4v) is 1.02. The van der Waals surface area contributed by atoms with Crippen molar-refractivity contribution in [3.05, 3.63) is 24.2 Å². The number of hydrogen-bond acceptors (Lipinski definition) is 2. The molecule has 0 unspecified atom stereocenters. The van der Waals surface area contributed by atoms with Gasteiger partial charge in [-0.3, -0.25) is 0 Å². The highest BCUT2D eigenvalue weighted by atomic mass is 16.3. The Bertz CT molecular complexity index is 192. The summed E-state index contributed by atoms with van der Waals surface area (Å²) >= 11 is 0. The van der Waals surface area contributed by atoms with E-state index in [2.05, 4.69) is 19.2 Å². The van der Waals surface area contributed by atoms with E-state index < -0.39 is 0 Å². The molecule has 0 aliphatic rings. The van der Waals surface area contributed by atoms with Crippen molar-refractivity contribution in [3.63, 3.8) is 0 Å². The van der Waals surface area contributed by atoms with Crippen LogP contribution in [0.4, 0.5) is 0 Å². The zero-order valence-electron chi connectivity index (χ0n) is 7.84. The third kappa shape index (κ3) is 3.58. The van der Waals surface area contributed by atoms with Gasteiger partial charge in [-0.15, -0.1) is 0 Å². The molecule has 1 aromatic rings. The van der Waals surface area contributed by atoms with E-state index in [0.29, 0.717) is 0 Å². The molecule has 0 aliphatic carbocycles. The first-order valence-electron chi connectivity index (χ1n) is 4.51. The molecule has 1 N–H and O–H groups in total. The molecule has 2 heteroatoms. The van der Waals surface area contributed by atoms with Crippen molar-refractivity contribution >= 4 is 0 Å². The zero-order chi connectivity index (χ0) is 8.81. The smallest absolute Gasteiger partial charge is 0.0947 e. The summed E-state index contributed by atoms with van der Waals surface area (Å²) in [5.74, 6) is 0.779. The molecule has 0 atom stereocenters. The van der Waals surface area contributed by atoms with Crippen molar-refractivity contribution < 1.29 is 4.42 Å². The molecule has 1 heterocycles. The summed E-state index contributed by atoms with van der Waals surface area (Å²) in [6.45, 7) is 6.48. The van der Waals surface area contributed by atoms with Crippen LogP contribution in [0.5, 0.6) is 0 Å². The Hall–Kier alpha value is -0.760. The monoisotopic (exact) mass is 167 g/mol. The van der Waals surface area contributed by atoms with Gasteiger partial charge in [-0.2, -0.15) is 0 Å². The molecule has 0 radical (unpaired) electrons. The van der Waals surface area contributed by atoms with Crippen LogP contribution in [0.15, 0.2) is 23.0 Å². The highest BCUT2D eigenvalue weighted by molar-refractivity contribution is 5.04. The number of nitrogens with one attached hydrogen (secondary N) is 1. The first kappa shape index (κ1) is 9.33. The van der Waals surface area contributed by atoms with E-state index in [0.717, 1.165) is 19.0 Å². The van der Waals surface area contributed by atoms with Crippen molar-refractivity contribution in [2.75, 3.05) is 6.54 Å². The molecule has 1 aromatic heterocycles. The fraction of sp³-hybridized carbons (Fsp3) is 0.600. The highest BCUT2D eigenvalue weighted by Gasteiger charge is 1.94. The van der Waals surface area contributed by atoms with Gasteiger partial charge in [0.2, 0.25) is 0 Å². The van der Waals surface area contributed by atoms with Gasteiger partial charge in [0.25, 0.3) is 0 Å². The fourth-order valence-electron chi connectivity index (χ4n) is 1.02. The van der Waals surface area contributed by atoms with Gasteiger partial charge in [-0.05, 0) is 24.9 Å². The second-order valence-electron chi connectivity index (χ2n) is 3.49. The maximum absolute atomic E-state index is 4.95. The molecule has 0 fully saturated rings. The summed E-state index contributed by atoms with van der Waals surface area (Å²) in [4.78, 5) is 0. The van der Waals surface area contributed by atoms with Crippen molar-refractivity contribution in [1.29, 1.82) is 0 Å². The van der Waals surface area contributed by atoms with Gasteiger partial charge in [0.15, 0.2) is 0 Å². The molecule has 0 amide bonds. The second kappa shape index (κ2) is 4.99. The summed E-state index contributed by atoms with van der Waals surface area (Å²) in [5.41, 5.74) is 1.22. The predicted molar refractivity (Wildman–Crippen MR) is 49.9 cm³/mol. The molecule has 0 bridgehead atoms. The minimum absolute atomic E-state index is 0.779. The maximum Gasteiger partial charge on any atom is 0.0947 e. The second-order valence-corrected chi connectivity index (χ2v) is 3.49. The molecule has 2 nitrogen and oxygen atoms in total. The Balaban J connectivity index is 2.04. The summed E-state index contributed by atoms with van der Waals surface area (Å²) in [6.07, 6.45) is 4.72. The predicted octanol–water partition coefficient (Wildman–Crippen LogP) is 2.42. The van der Waals surface area contributed by atoms with Gasteiger partial charge in [-0.25, -0.2) is 0 Å².